The molecule has 2 saturated heterocycles. The van der Waals surface area contributed by atoms with E-state index in [2.05, 4.69) is 4.90 Å². The molecule has 0 N–H and O–H groups in total. The predicted molar refractivity (Wildman–Crippen MR) is 143 cm³/mol. The lowest BCUT2D eigenvalue weighted by Gasteiger charge is -2.29. The van der Waals surface area contributed by atoms with Gasteiger partial charge in [-0.15, -0.1) is 0 Å². The quantitative estimate of drug-likeness (QED) is 0.443. The fourth-order valence-electron chi connectivity index (χ4n) is 4.61. The summed E-state index contributed by atoms with van der Waals surface area (Å²) < 4.78 is 33.7. The van der Waals surface area contributed by atoms with Gasteiger partial charge >= 0.3 is 0 Å². The summed E-state index contributed by atoms with van der Waals surface area (Å²) >= 11 is 7.69. The normalized spacial score (nSPS) is 17.6. The summed E-state index contributed by atoms with van der Waals surface area (Å²) in [6.07, 6.45) is 1.75. The minimum Gasteiger partial charge on any atom is -0.379 e. The number of amides is 1. The lowest BCUT2D eigenvalue weighted by Crippen LogP contribution is -2.43. The van der Waals surface area contributed by atoms with Crippen LogP contribution in [-0.4, -0.2) is 81.0 Å². The number of anilines is 1. The third kappa shape index (κ3) is 5.29. The van der Waals surface area contributed by atoms with Crippen molar-refractivity contribution < 1.29 is 17.9 Å². The van der Waals surface area contributed by atoms with Crippen molar-refractivity contribution in [1.29, 1.82) is 0 Å². The Bertz CT molecular complexity index is 1350. The number of fused-ring (bicyclic) bond motifs is 1. The SMILES string of the molecule is Cc1cc(Cl)cc2sc(N(CCN3CCOCC3)C(=O)c3ccc(S(=O)(=O)N4CCCC4)cc3)nc12. The number of halogens is 1. The molecule has 3 heterocycles. The molecule has 0 unspecified atom stereocenters. The summed E-state index contributed by atoms with van der Waals surface area (Å²) in [6.45, 7) is 7.18. The van der Waals surface area contributed by atoms with Crippen LogP contribution in [0.15, 0.2) is 41.3 Å². The van der Waals surface area contributed by atoms with Gasteiger partial charge in [-0.25, -0.2) is 13.4 Å². The highest BCUT2D eigenvalue weighted by atomic mass is 35.5. The second-order valence-corrected chi connectivity index (χ2v) is 12.5. The average Bonchev–Trinajstić information content (AvgIpc) is 3.56. The molecule has 2 fully saturated rings. The van der Waals surface area contributed by atoms with E-state index in [4.69, 9.17) is 21.3 Å². The second-order valence-electron chi connectivity index (χ2n) is 9.11. The van der Waals surface area contributed by atoms with Gasteiger partial charge in [-0.3, -0.25) is 14.6 Å². The zero-order valence-electron chi connectivity index (χ0n) is 20.2. The van der Waals surface area contributed by atoms with Crippen molar-refractivity contribution >= 4 is 54.2 Å². The molecule has 1 amide bonds. The highest BCUT2D eigenvalue weighted by molar-refractivity contribution is 7.89. The van der Waals surface area contributed by atoms with Crippen LogP contribution >= 0.6 is 22.9 Å². The number of thiazole rings is 1. The molecule has 36 heavy (non-hydrogen) atoms. The molecule has 0 aliphatic carbocycles. The minimum atomic E-state index is -3.54. The van der Waals surface area contributed by atoms with Gasteiger partial charge in [0.2, 0.25) is 10.0 Å². The first kappa shape index (κ1) is 25.6. The molecule has 8 nitrogen and oxygen atoms in total. The molecule has 0 radical (unpaired) electrons. The van der Waals surface area contributed by atoms with Crippen LogP contribution in [0.1, 0.15) is 28.8 Å². The first-order valence-corrected chi connectivity index (χ1v) is 14.8. The van der Waals surface area contributed by atoms with Crippen molar-refractivity contribution in [1.82, 2.24) is 14.2 Å². The van der Waals surface area contributed by atoms with Gasteiger partial charge in [-0.05, 0) is 61.7 Å². The third-order valence-corrected chi connectivity index (χ3v) is 9.82. The monoisotopic (exact) mass is 548 g/mol. The number of hydrogen-bond acceptors (Lipinski definition) is 7. The largest absolute Gasteiger partial charge is 0.379 e. The van der Waals surface area contributed by atoms with Gasteiger partial charge in [-0.1, -0.05) is 22.9 Å². The molecule has 2 aliphatic heterocycles. The van der Waals surface area contributed by atoms with E-state index in [9.17, 15) is 13.2 Å². The zero-order valence-corrected chi connectivity index (χ0v) is 22.5. The van der Waals surface area contributed by atoms with Crippen LogP contribution in [0.25, 0.3) is 10.2 Å². The number of hydrogen-bond donors (Lipinski definition) is 0. The summed E-state index contributed by atoms with van der Waals surface area (Å²) in [5, 5.41) is 1.23. The van der Waals surface area contributed by atoms with Crippen molar-refractivity contribution in [3.63, 3.8) is 0 Å². The topological polar surface area (TPSA) is 83.0 Å². The van der Waals surface area contributed by atoms with Crippen LogP contribution in [0.4, 0.5) is 5.13 Å². The molecule has 0 atom stereocenters. The van der Waals surface area contributed by atoms with Crippen molar-refractivity contribution in [3.8, 4) is 0 Å². The van der Waals surface area contributed by atoms with Gasteiger partial charge in [0, 0.05) is 49.9 Å². The summed E-state index contributed by atoms with van der Waals surface area (Å²) in [6, 6.07) is 10.00. The molecular formula is C25H29ClN4O4S2. The van der Waals surface area contributed by atoms with Gasteiger partial charge in [0.1, 0.15) is 0 Å². The maximum Gasteiger partial charge on any atom is 0.260 e. The van der Waals surface area contributed by atoms with Crippen LogP contribution in [0.5, 0.6) is 0 Å². The lowest BCUT2D eigenvalue weighted by molar-refractivity contribution is 0.0391. The molecule has 2 aliphatic rings. The average molecular weight is 549 g/mol. The van der Waals surface area contributed by atoms with Crippen molar-refractivity contribution in [3.05, 3.63) is 52.5 Å². The summed E-state index contributed by atoms with van der Waals surface area (Å²) in [4.78, 5) is 22.7. The van der Waals surface area contributed by atoms with Gasteiger partial charge in [0.25, 0.3) is 5.91 Å². The molecule has 3 aromatic rings. The number of carbonyl (C=O) groups is 1. The maximum absolute atomic E-state index is 13.7. The smallest absolute Gasteiger partial charge is 0.260 e. The van der Waals surface area contributed by atoms with Crippen LogP contribution in [0.2, 0.25) is 5.02 Å². The van der Waals surface area contributed by atoms with Crippen LogP contribution in [0, 0.1) is 6.92 Å². The maximum atomic E-state index is 13.7. The van der Waals surface area contributed by atoms with Crippen molar-refractivity contribution in [2.75, 3.05) is 57.4 Å². The number of benzene rings is 2. The van der Waals surface area contributed by atoms with E-state index in [1.165, 1.54) is 27.8 Å². The fraction of sp³-hybridized carbons (Fsp3) is 0.440. The first-order valence-electron chi connectivity index (χ1n) is 12.1. The number of aromatic nitrogens is 1. The van der Waals surface area contributed by atoms with Gasteiger partial charge in [-0.2, -0.15) is 4.31 Å². The molecule has 5 rings (SSSR count). The second kappa shape index (κ2) is 10.7. The Labute approximate surface area is 220 Å². The molecular weight excluding hydrogens is 520 g/mol. The fourth-order valence-corrected chi connectivity index (χ4v) is 7.57. The van der Waals surface area contributed by atoms with E-state index < -0.39 is 10.0 Å². The van der Waals surface area contributed by atoms with Crippen LogP contribution in [-0.2, 0) is 14.8 Å². The van der Waals surface area contributed by atoms with Crippen LogP contribution < -0.4 is 4.90 Å². The first-order chi connectivity index (χ1) is 17.3. The van der Waals surface area contributed by atoms with Gasteiger partial charge < -0.3 is 4.74 Å². The third-order valence-electron chi connectivity index (χ3n) is 6.66. The summed E-state index contributed by atoms with van der Waals surface area (Å²) in [5.41, 5.74) is 2.21. The number of morpholine rings is 1. The van der Waals surface area contributed by atoms with Crippen molar-refractivity contribution in [2.24, 2.45) is 0 Å². The molecule has 11 heteroatoms. The Morgan fingerprint density at radius 1 is 1.11 bits per heavy atom. The Morgan fingerprint density at radius 2 is 1.81 bits per heavy atom. The molecule has 0 spiro atoms. The van der Waals surface area contributed by atoms with E-state index in [1.807, 2.05) is 19.1 Å². The molecule has 192 valence electrons. The molecule has 2 aromatic carbocycles. The summed E-state index contributed by atoms with van der Waals surface area (Å²) in [5.74, 6) is -0.212. The summed E-state index contributed by atoms with van der Waals surface area (Å²) in [7, 11) is -3.54. The number of sulfonamides is 1. The van der Waals surface area contributed by atoms with E-state index in [0.29, 0.717) is 55.1 Å². The number of rotatable bonds is 7. The highest BCUT2D eigenvalue weighted by Gasteiger charge is 2.28. The Morgan fingerprint density at radius 3 is 2.50 bits per heavy atom. The standard InChI is InChI=1S/C25H29ClN4O4S2/c1-18-16-20(26)17-22-23(18)27-25(35-22)30(11-10-28-12-14-34-15-13-28)24(31)19-4-6-21(7-5-19)36(32,33)29-8-2-3-9-29/h4-7,16-17H,2-3,8-15H2,1H3. The van der Waals surface area contributed by atoms with Crippen LogP contribution in [0.3, 0.4) is 0 Å². The number of aryl methyl sites for hydroxylation is 1. The molecule has 0 saturated carbocycles. The van der Waals surface area contributed by atoms with E-state index in [1.54, 1.807) is 17.0 Å². The minimum absolute atomic E-state index is 0.212. The lowest BCUT2D eigenvalue weighted by atomic mass is 10.2. The Kier molecular flexibility index (Phi) is 7.62. The predicted octanol–water partition coefficient (Wildman–Crippen LogP) is 4.02. The number of nitrogens with zero attached hydrogens (tertiary/aromatic N) is 4. The molecule has 0 bridgehead atoms. The van der Waals surface area contributed by atoms with E-state index in [-0.39, 0.29) is 10.8 Å². The van der Waals surface area contributed by atoms with E-state index in [0.717, 1.165) is 41.7 Å². The van der Waals surface area contributed by atoms with Crippen molar-refractivity contribution in [2.45, 2.75) is 24.7 Å². The Hall–Kier alpha value is -2.08. The zero-order chi connectivity index (χ0) is 25.3. The number of ether oxygens (including phenoxy) is 1. The van der Waals surface area contributed by atoms with Gasteiger partial charge in [0.05, 0.1) is 28.3 Å². The Balaban J connectivity index is 1.43. The number of carbonyl (C=O) groups excluding carboxylic acids is 1. The molecule has 1 aromatic heterocycles. The highest BCUT2D eigenvalue weighted by Crippen LogP contribution is 2.34. The van der Waals surface area contributed by atoms with E-state index >= 15 is 0 Å². The van der Waals surface area contributed by atoms with Gasteiger partial charge in [0.15, 0.2) is 5.13 Å².